The van der Waals surface area contributed by atoms with Crippen molar-refractivity contribution in [2.45, 2.75) is 0 Å². The van der Waals surface area contributed by atoms with Crippen LogP contribution in [0.3, 0.4) is 0 Å². The summed E-state index contributed by atoms with van der Waals surface area (Å²) in [5, 5.41) is 11.3. The SMILES string of the molecule is O=C(COC(=O)c1ccc(N2C(=O)c3cccc([N+](=O)[O-])c3C2=O)cc1)c1ccc(OC(=O)c2ccc(Br)cc2)cc1. The van der Waals surface area contributed by atoms with Crippen LogP contribution in [0.4, 0.5) is 11.4 Å². The van der Waals surface area contributed by atoms with E-state index in [0.29, 0.717) is 5.56 Å². The monoisotopic (exact) mass is 628 g/mol. The van der Waals surface area contributed by atoms with E-state index in [1.165, 1.54) is 60.7 Å². The molecule has 5 rings (SSSR count). The first-order valence-electron chi connectivity index (χ1n) is 12.2. The van der Waals surface area contributed by atoms with Crippen LogP contribution in [0.15, 0.2) is 95.5 Å². The third kappa shape index (κ3) is 5.56. The van der Waals surface area contributed by atoms with E-state index in [4.69, 9.17) is 9.47 Å². The minimum absolute atomic E-state index is 0.0457. The van der Waals surface area contributed by atoms with Gasteiger partial charge in [0, 0.05) is 16.1 Å². The van der Waals surface area contributed by atoms with Crippen LogP contribution in [0.2, 0.25) is 0 Å². The summed E-state index contributed by atoms with van der Waals surface area (Å²) in [6.45, 7) is -0.569. The predicted molar refractivity (Wildman–Crippen MR) is 151 cm³/mol. The number of nitro benzene ring substituents is 1. The minimum atomic E-state index is -0.850. The van der Waals surface area contributed by atoms with Gasteiger partial charge in [-0.05, 0) is 78.9 Å². The summed E-state index contributed by atoms with van der Waals surface area (Å²) in [6.07, 6.45) is 0. The number of hydrogen-bond acceptors (Lipinski definition) is 9. The van der Waals surface area contributed by atoms with Gasteiger partial charge >= 0.3 is 11.9 Å². The minimum Gasteiger partial charge on any atom is -0.454 e. The highest BCUT2D eigenvalue weighted by atomic mass is 79.9. The number of hydrogen-bond donors (Lipinski definition) is 0. The van der Waals surface area contributed by atoms with Gasteiger partial charge in [0.2, 0.25) is 0 Å². The number of nitrogens with zero attached hydrogens (tertiary/aromatic N) is 2. The van der Waals surface area contributed by atoms with Crippen LogP contribution < -0.4 is 9.64 Å². The first-order chi connectivity index (χ1) is 20.1. The number of ether oxygens (including phenoxy) is 2. The van der Waals surface area contributed by atoms with Crippen LogP contribution in [0.1, 0.15) is 51.8 Å². The molecule has 0 unspecified atom stereocenters. The number of ketones is 1. The molecule has 12 heteroatoms. The van der Waals surface area contributed by atoms with Crippen molar-refractivity contribution in [2.75, 3.05) is 11.5 Å². The Balaban J connectivity index is 1.18. The summed E-state index contributed by atoms with van der Waals surface area (Å²) in [6, 6.07) is 21.4. The van der Waals surface area contributed by atoms with Crippen molar-refractivity contribution in [3.05, 3.63) is 133 Å². The maximum atomic E-state index is 12.9. The summed E-state index contributed by atoms with van der Waals surface area (Å²) >= 11 is 3.29. The lowest BCUT2D eigenvalue weighted by Gasteiger charge is -2.14. The van der Waals surface area contributed by atoms with Gasteiger partial charge in [-0.2, -0.15) is 0 Å². The van der Waals surface area contributed by atoms with Crippen LogP contribution >= 0.6 is 15.9 Å². The lowest BCUT2D eigenvalue weighted by atomic mass is 10.1. The first-order valence-corrected chi connectivity index (χ1v) is 13.0. The fourth-order valence-electron chi connectivity index (χ4n) is 4.16. The van der Waals surface area contributed by atoms with Gasteiger partial charge in [0.25, 0.3) is 17.5 Å². The Kier molecular flexibility index (Phi) is 7.71. The fourth-order valence-corrected chi connectivity index (χ4v) is 4.42. The number of esters is 2. The summed E-state index contributed by atoms with van der Waals surface area (Å²) in [5.74, 6) is -3.24. The standard InChI is InChI=1S/C30H17BrN2O9/c31-20-10-4-19(5-11-20)30(38)42-22-14-8-17(9-15-22)25(34)16-41-29(37)18-6-12-21(13-7-18)32-27(35)23-2-1-3-24(33(39)40)26(23)28(32)36/h1-15H,16H2. The Morgan fingerprint density at radius 3 is 2.00 bits per heavy atom. The van der Waals surface area contributed by atoms with Crippen molar-refractivity contribution in [1.29, 1.82) is 0 Å². The molecule has 1 aliphatic heterocycles. The van der Waals surface area contributed by atoms with E-state index in [9.17, 15) is 34.1 Å². The smallest absolute Gasteiger partial charge is 0.343 e. The molecule has 0 fully saturated rings. The van der Waals surface area contributed by atoms with Crippen LogP contribution in [0.25, 0.3) is 0 Å². The molecule has 0 radical (unpaired) electrons. The van der Waals surface area contributed by atoms with Gasteiger partial charge in [-0.3, -0.25) is 24.5 Å². The second-order valence-corrected chi connectivity index (χ2v) is 9.79. The van der Waals surface area contributed by atoms with Crippen molar-refractivity contribution in [1.82, 2.24) is 0 Å². The number of anilines is 1. The summed E-state index contributed by atoms with van der Waals surface area (Å²) < 4.78 is 11.2. The molecule has 0 bridgehead atoms. The van der Waals surface area contributed by atoms with E-state index < -0.39 is 46.8 Å². The van der Waals surface area contributed by atoms with Crippen LogP contribution in [-0.2, 0) is 4.74 Å². The quantitative estimate of drug-likeness (QED) is 0.0622. The van der Waals surface area contributed by atoms with Gasteiger partial charge in [0.1, 0.15) is 11.3 Å². The van der Waals surface area contributed by atoms with Crippen molar-refractivity contribution in [2.24, 2.45) is 0 Å². The molecule has 0 N–H and O–H groups in total. The van der Waals surface area contributed by atoms with E-state index in [1.54, 1.807) is 24.3 Å². The van der Waals surface area contributed by atoms with Gasteiger partial charge in [-0.15, -0.1) is 0 Å². The van der Waals surface area contributed by atoms with E-state index in [1.807, 2.05) is 0 Å². The lowest BCUT2D eigenvalue weighted by molar-refractivity contribution is -0.385. The molecule has 4 aromatic carbocycles. The topological polar surface area (TPSA) is 150 Å². The number of benzene rings is 4. The maximum absolute atomic E-state index is 12.9. The number of fused-ring (bicyclic) bond motifs is 1. The molecule has 11 nitrogen and oxygen atoms in total. The zero-order chi connectivity index (χ0) is 30.0. The van der Waals surface area contributed by atoms with Gasteiger partial charge in [-0.25, -0.2) is 14.5 Å². The number of carbonyl (C=O) groups is 5. The lowest BCUT2D eigenvalue weighted by Crippen LogP contribution is -2.29. The second-order valence-electron chi connectivity index (χ2n) is 8.87. The number of nitro groups is 1. The van der Waals surface area contributed by atoms with Gasteiger partial charge < -0.3 is 9.47 Å². The first kappa shape index (κ1) is 28.1. The zero-order valence-corrected chi connectivity index (χ0v) is 22.9. The highest BCUT2D eigenvalue weighted by molar-refractivity contribution is 9.10. The van der Waals surface area contributed by atoms with E-state index in [0.717, 1.165) is 15.4 Å². The Hall–Kier alpha value is -5.49. The van der Waals surface area contributed by atoms with Gasteiger partial charge in [0.15, 0.2) is 12.4 Å². The van der Waals surface area contributed by atoms with Crippen molar-refractivity contribution in [3.8, 4) is 5.75 Å². The molecule has 0 saturated heterocycles. The Bertz CT molecular complexity index is 1770. The van der Waals surface area contributed by atoms with Crippen LogP contribution in [0, 0.1) is 10.1 Å². The van der Waals surface area contributed by atoms with Crippen molar-refractivity contribution in [3.63, 3.8) is 0 Å². The van der Waals surface area contributed by atoms with Crippen molar-refractivity contribution < 1.29 is 38.4 Å². The third-order valence-corrected chi connectivity index (χ3v) is 6.78. The highest BCUT2D eigenvalue weighted by Gasteiger charge is 2.41. The predicted octanol–water partition coefficient (Wildman–Crippen LogP) is 5.42. The molecular weight excluding hydrogens is 612 g/mol. The van der Waals surface area contributed by atoms with E-state index in [2.05, 4.69) is 15.9 Å². The normalized spacial score (nSPS) is 12.1. The molecule has 0 spiro atoms. The molecule has 1 heterocycles. The zero-order valence-electron chi connectivity index (χ0n) is 21.3. The molecule has 0 atom stereocenters. The molecule has 42 heavy (non-hydrogen) atoms. The molecule has 2 amide bonds. The molecule has 0 saturated carbocycles. The average Bonchev–Trinajstić information content (AvgIpc) is 3.25. The number of halogens is 1. The van der Waals surface area contributed by atoms with Gasteiger partial charge in [-0.1, -0.05) is 22.0 Å². The largest absolute Gasteiger partial charge is 0.454 e. The number of Topliss-reactive ketones (excluding diaryl/α,β-unsaturated/α-hetero) is 1. The summed E-state index contributed by atoms with van der Waals surface area (Å²) in [5.41, 5.74) is -0.146. The maximum Gasteiger partial charge on any atom is 0.343 e. The Labute approximate surface area is 245 Å². The Morgan fingerprint density at radius 2 is 1.36 bits per heavy atom. The number of imide groups is 1. The van der Waals surface area contributed by atoms with E-state index in [-0.39, 0.29) is 33.7 Å². The fraction of sp³-hybridized carbons (Fsp3) is 0.0333. The molecule has 1 aliphatic rings. The Morgan fingerprint density at radius 1 is 0.762 bits per heavy atom. The number of rotatable bonds is 8. The number of carbonyl (C=O) groups excluding carboxylic acids is 5. The van der Waals surface area contributed by atoms with Gasteiger partial charge in [0.05, 0.1) is 27.3 Å². The van der Waals surface area contributed by atoms with Crippen molar-refractivity contribution >= 4 is 56.8 Å². The molecular formula is C30H17BrN2O9. The molecule has 0 aromatic heterocycles. The molecule has 0 aliphatic carbocycles. The highest BCUT2D eigenvalue weighted by Crippen LogP contribution is 2.34. The average molecular weight is 629 g/mol. The number of amides is 2. The molecule has 4 aromatic rings. The summed E-state index contributed by atoms with van der Waals surface area (Å²) in [4.78, 5) is 74.3. The summed E-state index contributed by atoms with van der Waals surface area (Å²) in [7, 11) is 0. The third-order valence-electron chi connectivity index (χ3n) is 6.25. The van der Waals surface area contributed by atoms with Crippen LogP contribution in [0.5, 0.6) is 5.75 Å². The van der Waals surface area contributed by atoms with E-state index >= 15 is 0 Å². The second kappa shape index (κ2) is 11.6. The van der Waals surface area contributed by atoms with Crippen LogP contribution in [-0.4, -0.2) is 41.1 Å². The molecule has 208 valence electrons.